The molecule has 3 aromatic rings. The van der Waals surface area contributed by atoms with Crippen LogP contribution in [0, 0.1) is 11.6 Å². The second kappa shape index (κ2) is 13.9. The third-order valence-corrected chi connectivity index (χ3v) is 8.90. The van der Waals surface area contributed by atoms with Crippen LogP contribution in [0.3, 0.4) is 0 Å². The molecule has 46 heavy (non-hydrogen) atoms. The largest absolute Gasteiger partial charge is 0.416 e. The van der Waals surface area contributed by atoms with Gasteiger partial charge >= 0.3 is 6.18 Å². The van der Waals surface area contributed by atoms with Gasteiger partial charge in [-0.1, -0.05) is 38.0 Å². The molecule has 2 amide bonds. The zero-order chi connectivity index (χ0) is 33.1. The smallest absolute Gasteiger partial charge is 0.390 e. The van der Waals surface area contributed by atoms with Gasteiger partial charge < -0.3 is 20.6 Å². The normalized spacial score (nSPS) is 16.9. The minimum Gasteiger partial charge on any atom is -0.390 e. The Morgan fingerprint density at radius 1 is 1.02 bits per heavy atom. The number of rotatable bonds is 13. The standard InChI is InChI=1S/C35H38F5N3O3/c1-2-3-4-14-43-15-11-27-28(9-6-10-29(27)33(43)46)32(45)42-30(18-22-16-25(36)20-26(37)17-22)31(44)21-41-34(12-13-34)23-7-5-8-24(19-23)35(38,39)40/h5-10,16-17,19-20,30-31,41,44H,2-4,11-15,18,21H2,1H3,(H,42,45)/t30-,31-/m0/s1. The molecule has 1 fully saturated rings. The van der Waals surface area contributed by atoms with E-state index in [1.165, 1.54) is 6.07 Å². The number of unbranched alkanes of at least 4 members (excludes halogenated alkanes) is 2. The topological polar surface area (TPSA) is 81.7 Å². The Balaban J connectivity index is 1.35. The van der Waals surface area contributed by atoms with Crippen LogP contribution in [-0.2, 0) is 24.6 Å². The summed E-state index contributed by atoms with van der Waals surface area (Å²) in [6.45, 7) is 3.08. The highest BCUT2D eigenvalue weighted by molar-refractivity contribution is 6.03. The van der Waals surface area contributed by atoms with Crippen LogP contribution >= 0.6 is 0 Å². The van der Waals surface area contributed by atoms with Gasteiger partial charge in [0.2, 0.25) is 0 Å². The summed E-state index contributed by atoms with van der Waals surface area (Å²) in [6.07, 6.45) is -1.42. The lowest BCUT2D eigenvalue weighted by Crippen LogP contribution is -2.50. The summed E-state index contributed by atoms with van der Waals surface area (Å²) in [5.74, 6) is -2.32. The Hall–Kier alpha value is -3.83. The number of alkyl halides is 3. The SMILES string of the molecule is CCCCCN1CCc2c(C(=O)N[C@@H](Cc3cc(F)cc(F)c3)[C@@H](O)CNC3(c4cccc(C(F)(F)F)c4)CC3)cccc2C1=O. The molecule has 0 bridgehead atoms. The van der Waals surface area contributed by atoms with E-state index in [4.69, 9.17) is 0 Å². The summed E-state index contributed by atoms with van der Waals surface area (Å²) in [7, 11) is 0. The van der Waals surface area contributed by atoms with E-state index in [-0.39, 0.29) is 30.0 Å². The molecule has 11 heteroatoms. The molecule has 2 aliphatic rings. The van der Waals surface area contributed by atoms with Gasteiger partial charge in [-0.3, -0.25) is 9.59 Å². The van der Waals surface area contributed by atoms with Gasteiger partial charge in [-0.05, 0) is 85.2 Å². The molecule has 0 saturated heterocycles. The summed E-state index contributed by atoms with van der Waals surface area (Å²) < 4.78 is 68.2. The number of fused-ring (bicyclic) bond motifs is 1. The number of amides is 2. The first kappa shape index (κ1) is 33.5. The third-order valence-electron chi connectivity index (χ3n) is 8.90. The van der Waals surface area contributed by atoms with Crippen molar-refractivity contribution in [3.63, 3.8) is 0 Å². The van der Waals surface area contributed by atoms with Crippen LogP contribution in [0.2, 0.25) is 0 Å². The predicted molar refractivity (Wildman–Crippen MR) is 163 cm³/mol. The van der Waals surface area contributed by atoms with Crippen molar-refractivity contribution in [3.05, 3.63) is 106 Å². The number of aliphatic hydroxyl groups excluding tert-OH is 1. The third kappa shape index (κ3) is 7.75. The van der Waals surface area contributed by atoms with Gasteiger partial charge in [0.05, 0.1) is 17.7 Å². The Kier molecular flexibility index (Phi) is 10.1. The first-order valence-electron chi connectivity index (χ1n) is 15.7. The quantitative estimate of drug-likeness (QED) is 0.154. The molecule has 0 unspecified atom stereocenters. The number of halogens is 5. The second-order valence-corrected chi connectivity index (χ2v) is 12.3. The molecule has 0 radical (unpaired) electrons. The zero-order valence-electron chi connectivity index (χ0n) is 25.6. The van der Waals surface area contributed by atoms with E-state index < -0.39 is 47.0 Å². The molecular weight excluding hydrogens is 605 g/mol. The van der Waals surface area contributed by atoms with E-state index in [2.05, 4.69) is 17.6 Å². The van der Waals surface area contributed by atoms with Gasteiger partial charge in [0.1, 0.15) is 11.6 Å². The fraction of sp³-hybridized carbons (Fsp3) is 0.429. The van der Waals surface area contributed by atoms with Crippen molar-refractivity contribution in [3.8, 4) is 0 Å². The van der Waals surface area contributed by atoms with Crippen LogP contribution in [0.15, 0.2) is 60.7 Å². The monoisotopic (exact) mass is 643 g/mol. The molecule has 1 aliphatic heterocycles. The first-order valence-corrected chi connectivity index (χ1v) is 15.7. The molecule has 3 aromatic carbocycles. The molecular formula is C35H38F5N3O3. The maximum atomic E-state index is 14.1. The number of aliphatic hydroxyl groups is 1. The van der Waals surface area contributed by atoms with Crippen LogP contribution in [0.4, 0.5) is 22.0 Å². The summed E-state index contributed by atoms with van der Waals surface area (Å²) >= 11 is 0. The highest BCUT2D eigenvalue weighted by atomic mass is 19.4. The molecule has 1 aliphatic carbocycles. The maximum absolute atomic E-state index is 14.1. The van der Waals surface area contributed by atoms with Crippen LogP contribution < -0.4 is 10.6 Å². The van der Waals surface area contributed by atoms with Gasteiger partial charge in [-0.25, -0.2) is 8.78 Å². The van der Waals surface area contributed by atoms with Gasteiger partial charge in [-0.2, -0.15) is 13.2 Å². The zero-order valence-corrected chi connectivity index (χ0v) is 25.6. The Morgan fingerprint density at radius 2 is 1.74 bits per heavy atom. The summed E-state index contributed by atoms with van der Waals surface area (Å²) in [5.41, 5.74) is 0.409. The maximum Gasteiger partial charge on any atom is 0.416 e. The number of hydrogen-bond donors (Lipinski definition) is 3. The van der Waals surface area contributed by atoms with Crippen molar-refractivity contribution < 1.29 is 36.6 Å². The first-order chi connectivity index (χ1) is 21.9. The van der Waals surface area contributed by atoms with Gasteiger partial charge in [0, 0.05) is 42.4 Å². The fourth-order valence-corrected chi connectivity index (χ4v) is 6.19. The van der Waals surface area contributed by atoms with Crippen molar-refractivity contribution in [1.82, 2.24) is 15.5 Å². The average Bonchev–Trinajstić information content (AvgIpc) is 3.81. The summed E-state index contributed by atoms with van der Waals surface area (Å²) in [4.78, 5) is 28.7. The van der Waals surface area contributed by atoms with Crippen LogP contribution in [0.25, 0.3) is 0 Å². The number of nitrogens with zero attached hydrogens (tertiary/aromatic N) is 1. The molecule has 0 spiro atoms. The number of carbonyl (C=O) groups excluding carboxylic acids is 2. The lowest BCUT2D eigenvalue weighted by atomic mass is 9.92. The van der Waals surface area contributed by atoms with Crippen molar-refractivity contribution in [2.45, 2.75) is 75.7 Å². The number of benzene rings is 3. The molecule has 1 saturated carbocycles. The van der Waals surface area contributed by atoms with Crippen molar-refractivity contribution in [2.75, 3.05) is 19.6 Å². The minimum atomic E-state index is -4.50. The molecule has 6 nitrogen and oxygen atoms in total. The predicted octanol–water partition coefficient (Wildman–Crippen LogP) is 6.15. The number of carbonyl (C=O) groups is 2. The van der Waals surface area contributed by atoms with Crippen molar-refractivity contribution in [2.24, 2.45) is 0 Å². The fourth-order valence-electron chi connectivity index (χ4n) is 6.19. The van der Waals surface area contributed by atoms with E-state index in [0.717, 1.165) is 49.6 Å². The van der Waals surface area contributed by atoms with Gasteiger partial charge in [-0.15, -0.1) is 0 Å². The van der Waals surface area contributed by atoms with E-state index in [1.54, 1.807) is 29.2 Å². The van der Waals surface area contributed by atoms with Crippen LogP contribution in [0.1, 0.15) is 82.0 Å². The van der Waals surface area contributed by atoms with E-state index >= 15 is 0 Å². The molecule has 3 N–H and O–H groups in total. The summed E-state index contributed by atoms with van der Waals surface area (Å²) in [6, 6.07) is 11.9. The van der Waals surface area contributed by atoms with E-state index in [9.17, 15) is 36.6 Å². The minimum absolute atomic E-state index is 0.114. The molecule has 2 atom stereocenters. The lowest BCUT2D eigenvalue weighted by molar-refractivity contribution is -0.137. The van der Waals surface area contributed by atoms with E-state index in [1.807, 2.05) is 0 Å². The Labute approximate surface area is 265 Å². The molecule has 0 aromatic heterocycles. The molecule has 1 heterocycles. The molecule has 5 rings (SSSR count). The van der Waals surface area contributed by atoms with Crippen LogP contribution in [-0.4, -0.2) is 53.6 Å². The van der Waals surface area contributed by atoms with Crippen LogP contribution in [0.5, 0.6) is 0 Å². The summed E-state index contributed by atoms with van der Waals surface area (Å²) in [5, 5.41) is 17.3. The van der Waals surface area contributed by atoms with Crippen molar-refractivity contribution in [1.29, 1.82) is 0 Å². The Morgan fingerprint density at radius 3 is 2.41 bits per heavy atom. The number of nitrogens with one attached hydrogen (secondary N) is 2. The lowest BCUT2D eigenvalue weighted by Gasteiger charge is -2.31. The van der Waals surface area contributed by atoms with E-state index in [0.29, 0.717) is 49.0 Å². The molecule has 246 valence electrons. The number of hydrogen-bond acceptors (Lipinski definition) is 4. The second-order valence-electron chi connectivity index (χ2n) is 12.3. The highest BCUT2D eigenvalue weighted by Crippen LogP contribution is 2.46. The average molecular weight is 644 g/mol. The van der Waals surface area contributed by atoms with Gasteiger partial charge in [0.25, 0.3) is 11.8 Å². The highest BCUT2D eigenvalue weighted by Gasteiger charge is 2.45. The van der Waals surface area contributed by atoms with Gasteiger partial charge in [0.15, 0.2) is 0 Å². The Bertz CT molecular complexity index is 1550. The van der Waals surface area contributed by atoms with Crippen molar-refractivity contribution >= 4 is 11.8 Å².